The molecule has 0 heterocycles. The minimum Gasteiger partial charge on any atom is -0.496 e. The number of carbonyl (C=O) groups is 1. The second kappa shape index (κ2) is 10.4. The summed E-state index contributed by atoms with van der Waals surface area (Å²) in [6, 6.07) is 20.4. The van der Waals surface area contributed by atoms with Crippen molar-refractivity contribution < 1.29 is 24.5 Å². The Hall–Kier alpha value is -3.41. The molecule has 0 unspecified atom stereocenters. The van der Waals surface area contributed by atoms with Crippen LogP contribution in [0.15, 0.2) is 66.7 Å². The molecular formula is C25H24O5. The summed E-state index contributed by atoms with van der Waals surface area (Å²) in [7, 11) is 1.53. The van der Waals surface area contributed by atoms with E-state index in [1.165, 1.54) is 7.11 Å². The Morgan fingerprint density at radius 3 is 2.27 bits per heavy atom. The van der Waals surface area contributed by atoms with Gasteiger partial charge in [-0.2, -0.15) is 0 Å². The molecule has 3 rings (SSSR count). The summed E-state index contributed by atoms with van der Waals surface area (Å²) in [5.41, 5.74) is 4.23. The monoisotopic (exact) mass is 404 g/mol. The van der Waals surface area contributed by atoms with E-state index in [9.17, 15) is 15.0 Å². The average molecular weight is 404 g/mol. The van der Waals surface area contributed by atoms with Gasteiger partial charge in [-0.3, -0.25) is 4.79 Å². The van der Waals surface area contributed by atoms with Gasteiger partial charge in [0.05, 0.1) is 20.3 Å². The van der Waals surface area contributed by atoms with Crippen molar-refractivity contribution in [1.82, 2.24) is 0 Å². The van der Waals surface area contributed by atoms with Crippen molar-refractivity contribution in [3.8, 4) is 11.5 Å². The number of rotatable bonds is 9. The van der Waals surface area contributed by atoms with Crippen molar-refractivity contribution in [2.45, 2.75) is 19.8 Å². The first-order chi connectivity index (χ1) is 14.7. The van der Waals surface area contributed by atoms with Crippen molar-refractivity contribution in [2.75, 3.05) is 7.11 Å². The number of hydrogen-bond donors (Lipinski definition) is 2. The summed E-state index contributed by atoms with van der Waals surface area (Å²) < 4.78 is 11.2. The molecule has 154 valence electrons. The maximum atomic E-state index is 11.8. The first-order valence-electron chi connectivity index (χ1n) is 9.54. The van der Waals surface area contributed by atoms with Crippen LogP contribution in [-0.2, 0) is 24.6 Å². The molecule has 0 aliphatic carbocycles. The number of aldehydes is 1. The topological polar surface area (TPSA) is 76.0 Å². The molecule has 3 aromatic rings. The molecule has 0 aromatic heterocycles. The molecule has 5 nitrogen and oxygen atoms in total. The number of carbonyl (C=O) groups excluding carboxylic acids is 1. The minimum absolute atomic E-state index is 0.127. The first kappa shape index (κ1) is 21.3. The van der Waals surface area contributed by atoms with Gasteiger partial charge in [-0.15, -0.1) is 0 Å². The first-order valence-corrected chi connectivity index (χ1v) is 9.54. The van der Waals surface area contributed by atoms with E-state index in [1.54, 1.807) is 36.4 Å². The molecule has 0 radical (unpaired) electrons. The van der Waals surface area contributed by atoms with Gasteiger partial charge >= 0.3 is 0 Å². The highest BCUT2D eigenvalue weighted by molar-refractivity contribution is 6.13. The molecule has 0 atom stereocenters. The zero-order valence-corrected chi connectivity index (χ0v) is 16.7. The van der Waals surface area contributed by atoms with E-state index in [1.807, 2.05) is 36.4 Å². The predicted molar refractivity (Wildman–Crippen MR) is 116 cm³/mol. The largest absolute Gasteiger partial charge is 0.496 e. The number of aliphatic hydroxyl groups excluding tert-OH is 2. The summed E-state index contributed by atoms with van der Waals surface area (Å²) in [6.07, 6.45) is 2.52. The standard InChI is InChI=1S/C25H24O5/c1-29-24-12-19(7-8-21(24)14-26)11-23(16-28)20-9-10-22(15-27)25(13-20)30-17-18-5-3-2-4-6-18/h2-13,16,26-27H,14-15,17H2,1H3/b23-11-. The molecule has 0 amide bonds. The number of methoxy groups -OCH3 is 1. The van der Waals surface area contributed by atoms with Gasteiger partial charge in [0.15, 0.2) is 6.29 Å². The fraction of sp³-hybridized carbons (Fsp3) is 0.160. The number of hydrogen-bond acceptors (Lipinski definition) is 5. The van der Waals surface area contributed by atoms with Gasteiger partial charge in [0.2, 0.25) is 0 Å². The second-order valence-corrected chi connectivity index (χ2v) is 6.70. The molecule has 2 N–H and O–H groups in total. The highest BCUT2D eigenvalue weighted by Crippen LogP contribution is 2.28. The summed E-state index contributed by atoms with van der Waals surface area (Å²) in [4.78, 5) is 11.8. The van der Waals surface area contributed by atoms with Gasteiger partial charge in [0.25, 0.3) is 0 Å². The van der Waals surface area contributed by atoms with Gasteiger partial charge in [-0.1, -0.05) is 54.6 Å². The number of allylic oxidation sites excluding steroid dienone is 1. The van der Waals surface area contributed by atoms with Gasteiger partial charge in [-0.25, -0.2) is 0 Å². The fourth-order valence-electron chi connectivity index (χ4n) is 3.08. The van der Waals surface area contributed by atoms with Crippen molar-refractivity contribution in [1.29, 1.82) is 0 Å². The maximum absolute atomic E-state index is 11.8. The molecule has 5 heteroatoms. The average Bonchev–Trinajstić information content (AvgIpc) is 2.81. The highest BCUT2D eigenvalue weighted by Gasteiger charge is 2.10. The fourth-order valence-corrected chi connectivity index (χ4v) is 3.08. The van der Waals surface area contributed by atoms with E-state index in [2.05, 4.69) is 0 Å². The molecule has 3 aromatic carbocycles. The van der Waals surface area contributed by atoms with Crippen LogP contribution in [0, 0.1) is 0 Å². The van der Waals surface area contributed by atoms with Crippen LogP contribution >= 0.6 is 0 Å². The highest BCUT2D eigenvalue weighted by atomic mass is 16.5. The maximum Gasteiger partial charge on any atom is 0.150 e. The van der Waals surface area contributed by atoms with Crippen molar-refractivity contribution >= 4 is 17.9 Å². The van der Waals surface area contributed by atoms with Gasteiger partial charge in [0, 0.05) is 16.7 Å². The van der Waals surface area contributed by atoms with Crippen molar-refractivity contribution in [3.05, 3.63) is 94.5 Å². The molecule has 0 saturated carbocycles. The molecule has 0 aliphatic heterocycles. The van der Waals surface area contributed by atoms with Crippen LogP contribution < -0.4 is 9.47 Å². The smallest absolute Gasteiger partial charge is 0.150 e. The molecule has 0 saturated heterocycles. The second-order valence-electron chi connectivity index (χ2n) is 6.70. The van der Waals surface area contributed by atoms with Crippen LogP contribution in [0.4, 0.5) is 0 Å². The molecule has 0 spiro atoms. The SMILES string of the molecule is COc1cc(/C=C(/C=O)c2ccc(CO)c(OCc3ccccc3)c2)ccc1CO. The van der Waals surface area contributed by atoms with Gasteiger partial charge in [0.1, 0.15) is 18.1 Å². The predicted octanol–water partition coefficient (Wildman–Crippen LogP) is 4.00. The summed E-state index contributed by atoms with van der Waals surface area (Å²) in [6.45, 7) is 0.0695. The number of aliphatic hydroxyl groups is 2. The van der Waals surface area contributed by atoms with Gasteiger partial charge < -0.3 is 19.7 Å². The lowest BCUT2D eigenvalue weighted by molar-refractivity contribution is -0.103. The van der Waals surface area contributed by atoms with Crippen LogP contribution in [0.2, 0.25) is 0 Å². The van der Waals surface area contributed by atoms with Gasteiger partial charge in [-0.05, 0) is 34.9 Å². The normalized spacial score (nSPS) is 11.2. The summed E-state index contributed by atoms with van der Waals surface area (Å²) in [5.74, 6) is 1.08. The lowest BCUT2D eigenvalue weighted by Crippen LogP contribution is -2.00. The Bertz CT molecular complexity index is 1020. The Balaban J connectivity index is 1.90. The molecule has 0 fully saturated rings. The Labute approximate surface area is 175 Å². The van der Waals surface area contributed by atoms with E-state index >= 15 is 0 Å². The quantitative estimate of drug-likeness (QED) is 0.320. The number of benzene rings is 3. The van der Waals surface area contributed by atoms with E-state index in [0.29, 0.717) is 40.4 Å². The minimum atomic E-state index is -0.162. The Morgan fingerprint density at radius 2 is 1.60 bits per heavy atom. The zero-order valence-electron chi connectivity index (χ0n) is 16.7. The Kier molecular flexibility index (Phi) is 7.38. The van der Waals surface area contributed by atoms with E-state index in [0.717, 1.165) is 17.4 Å². The molecule has 0 aliphatic rings. The van der Waals surface area contributed by atoms with E-state index in [4.69, 9.17) is 9.47 Å². The molecule has 0 bridgehead atoms. The van der Waals surface area contributed by atoms with E-state index < -0.39 is 0 Å². The van der Waals surface area contributed by atoms with Crippen LogP contribution in [0.1, 0.15) is 27.8 Å². The third-order valence-corrected chi connectivity index (χ3v) is 4.74. The zero-order chi connectivity index (χ0) is 21.3. The summed E-state index contributed by atoms with van der Waals surface area (Å²) >= 11 is 0. The third kappa shape index (κ3) is 5.14. The summed E-state index contributed by atoms with van der Waals surface area (Å²) in [5, 5.41) is 19.0. The lowest BCUT2D eigenvalue weighted by Gasteiger charge is -2.13. The van der Waals surface area contributed by atoms with Crippen molar-refractivity contribution in [3.63, 3.8) is 0 Å². The molecular weight excluding hydrogens is 380 g/mol. The van der Waals surface area contributed by atoms with Crippen LogP contribution in [0.25, 0.3) is 11.6 Å². The lowest BCUT2D eigenvalue weighted by atomic mass is 10.0. The van der Waals surface area contributed by atoms with E-state index in [-0.39, 0.29) is 13.2 Å². The van der Waals surface area contributed by atoms with Crippen LogP contribution in [0.5, 0.6) is 11.5 Å². The Morgan fingerprint density at radius 1 is 0.900 bits per heavy atom. The van der Waals surface area contributed by atoms with Crippen molar-refractivity contribution in [2.24, 2.45) is 0 Å². The third-order valence-electron chi connectivity index (χ3n) is 4.74. The van der Waals surface area contributed by atoms with Crippen LogP contribution in [-0.4, -0.2) is 23.6 Å². The number of ether oxygens (including phenoxy) is 2. The molecule has 30 heavy (non-hydrogen) atoms. The van der Waals surface area contributed by atoms with Crippen LogP contribution in [0.3, 0.4) is 0 Å².